The highest BCUT2D eigenvalue weighted by atomic mass is 35.5. The highest BCUT2D eigenvalue weighted by Gasteiger charge is 2.13. The first-order valence-electron chi connectivity index (χ1n) is 8.02. The summed E-state index contributed by atoms with van der Waals surface area (Å²) in [5.41, 5.74) is 3.99. The Bertz CT molecular complexity index is 830. The van der Waals surface area contributed by atoms with E-state index in [0.717, 1.165) is 33.8 Å². The van der Waals surface area contributed by atoms with Gasteiger partial charge in [-0.2, -0.15) is 0 Å². The first kappa shape index (κ1) is 19.3. The van der Waals surface area contributed by atoms with E-state index in [1.54, 1.807) is 0 Å². The molecular weight excluding hydrogens is 351 g/mol. The zero-order valence-electron chi connectivity index (χ0n) is 14.9. The van der Waals surface area contributed by atoms with Crippen molar-refractivity contribution >= 4 is 23.2 Å². The predicted octanol–water partition coefficient (Wildman–Crippen LogP) is 6.53. The SMILES string of the molecule is CC#CCc1c(Cl)ccc(Oc2ccc(Cl)c(CC#CC)c2C)c1C. The van der Waals surface area contributed by atoms with Gasteiger partial charge in [0.2, 0.25) is 0 Å². The molecule has 1 nitrogen and oxygen atoms in total. The Kier molecular flexibility index (Phi) is 6.83. The van der Waals surface area contributed by atoms with E-state index < -0.39 is 0 Å². The quantitative estimate of drug-likeness (QED) is 0.555. The molecule has 25 heavy (non-hydrogen) atoms. The van der Waals surface area contributed by atoms with E-state index in [1.165, 1.54) is 0 Å². The molecule has 0 aliphatic heterocycles. The molecule has 0 saturated carbocycles. The molecule has 2 rings (SSSR count). The lowest BCUT2D eigenvalue weighted by Crippen LogP contribution is -1.98. The summed E-state index contributed by atoms with van der Waals surface area (Å²) < 4.78 is 6.18. The highest BCUT2D eigenvalue weighted by molar-refractivity contribution is 6.31. The molecule has 0 saturated heterocycles. The number of hydrogen-bond donors (Lipinski definition) is 0. The maximum atomic E-state index is 6.32. The normalized spacial score (nSPS) is 9.68. The summed E-state index contributed by atoms with van der Waals surface area (Å²) in [7, 11) is 0. The van der Waals surface area contributed by atoms with Crippen molar-refractivity contribution in [3.8, 4) is 35.2 Å². The zero-order valence-corrected chi connectivity index (χ0v) is 16.4. The number of hydrogen-bond acceptors (Lipinski definition) is 1. The summed E-state index contributed by atoms with van der Waals surface area (Å²) in [6, 6.07) is 7.48. The summed E-state index contributed by atoms with van der Waals surface area (Å²) in [6.45, 7) is 7.65. The summed E-state index contributed by atoms with van der Waals surface area (Å²) in [6.07, 6.45) is 1.21. The van der Waals surface area contributed by atoms with Crippen LogP contribution in [0, 0.1) is 37.5 Å². The summed E-state index contributed by atoms with van der Waals surface area (Å²) in [5.74, 6) is 13.5. The van der Waals surface area contributed by atoms with Crippen molar-refractivity contribution < 1.29 is 4.74 Å². The maximum absolute atomic E-state index is 6.32. The van der Waals surface area contributed by atoms with Gasteiger partial charge in [0.15, 0.2) is 0 Å². The van der Waals surface area contributed by atoms with Crippen molar-refractivity contribution in [3.63, 3.8) is 0 Å². The molecule has 0 aromatic heterocycles. The Morgan fingerprint density at radius 1 is 0.760 bits per heavy atom. The molecule has 0 bridgehead atoms. The zero-order chi connectivity index (χ0) is 18.4. The fourth-order valence-electron chi connectivity index (χ4n) is 2.53. The van der Waals surface area contributed by atoms with E-state index in [9.17, 15) is 0 Å². The minimum Gasteiger partial charge on any atom is -0.457 e. The van der Waals surface area contributed by atoms with E-state index in [-0.39, 0.29) is 0 Å². The fraction of sp³-hybridized carbons (Fsp3) is 0.273. The second-order valence-electron chi connectivity index (χ2n) is 5.61. The molecule has 0 N–H and O–H groups in total. The summed E-state index contributed by atoms with van der Waals surface area (Å²) in [4.78, 5) is 0. The van der Waals surface area contributed by atoms with Crippen LogP contribution >= 0.6 is 23.2 Å². The molecule has 0 aliphatic carbocycles. The largest absolute Gasteiger partial charge is 0.457 e. The van der Waals surface area contributed by atoms with E-state index in [0.29, 0.717) is 22.9 Å². The van der Waals surface area contributed by atoms with Crippen LogP contribution in [-0.4, -0.2) is 0 Å². The van der Waals surface area contributed by atoms with Gasteiger partial charge in [-0.25, -0.2) is 0 Å². The predicted molar refractivity (Wildman–Crippen MR) is 107 cm³/mol. The third-order valence-corrected chi connectivity index (χ3v) is 4.80. The minimum atomic E-state index is 0.606. The van der Waals surface area contributed by atoms with Crippen LogP contribution in [0.4, 0.5) is 0 Å². The average Bonchev–Trinajstić information content (AvgIpc) is 2.59. The van der Waals surface area contributed by atoms with Gasteiger partial charge in [0, 0.05) is 22.9 Å². The molecule has 0 atom stereocenters. The molecule has 0 fully saturated rings. The highest BCUT2D eigenvalue weighted by Crippen LogP contribution is 2.35. The van der Waals surface area contributed by atoms with Gasteiger partial charge in [0.1, 0.15) is 11.5 Å². The van der Waals surface area contributed by atoms with Gasteiger partial charge in [-0.3, -0.25) is 0 Å². The van der Waals surface area contributed by atoms with Gasteiger partial charge in [-0.15, -0.1) is 11.8 Å². The van der Waals surface area contributed by atoms with Gasteiger partial charge in [0.05, 0.1) is 0 Å². The second-order valence-corrected chi connectivity index (χ2v) is 6.42. The summed E-state index contributed by atoms with van der Waals surface area (Å²) in [5, 5.41) is 1.42. The van der Waals surface area contributed by atoms with Gasteiger partial charge < -0.3 is 4.74 Å². The van der Waals surface area contributed by atoms with Gasteiger partial charge in [0.25, 0.3) is 0 Å². The van der Waals surface area contributed by atoms with Crippen LogP contribution in [0.3, 0.4) is 0 Å². The second kappa shape index (κ2) is 8.87. The van der Waals surface area contributed by atoms with Crippen molar-refractivity contribution in [2.45, 2.75) is 40.5 Å². The van der Waals surface area contributed by atoms with Gasteiger partial charge >= 0.3 is 0 Å². The van der Waals surface area contributed by atoms with Crippen LogP contribution in [0.1, 0.15) is 36.1 Å². The standard InChI is InChI=1S/C22H20Cl2O/c1-5-7-9-17-15(3)21(13-11-19(17)23)25-22-14-12-20(24)18(16(22)4)10-8-6-2/h11-14H,9-10H2,1-4H3. The first-order valence-corrected chi connectivity index (χ1v) is 8.78. The van der Waals surface area contributed by atoms with Crippen molar-refractivity contribution in [1.82, 2.24) is 0 Å². The Morgan fingerprint density at radius 3 is 1.52 bits per heavy atom. The number of halogens is 2. The molecule has 128 valence electrons. The van der Waals surface area contributed by atoms with Crippen molar-refractivity contribution in [3.05, 3.63) is 56.6 Å². The van der Waals surface area contributed by atoms with Crippen LogP contribution in [0.15, 0.2) is 24.3 Å². The smallest absolute Gasteiger partial charge is 0.130 e. The van der Waals surface area contributed by atoms with E-state index >= 15 is 0 Å². The monoisotopic (exact) mass is 370 g/mol. The summed E-state index contributed by atoms with van der Waals surface area (Å²) >= 11 is 12.6. The maximum Gasteiger partial charge on any atom is 0.130 e. The molecule has 0 heterocycles. The van der Waals surface area contributed by atoms with E-state index in [4.69, 9.17) is 27.9 Å². The van der Waals surface area contributed by atoms with Crippen LogP contribution in [0.25, 0.3) is 0 Å². The van der Waals surface area contributed by atoms with Crippen molar-refractivity contribution in [2.24, 2.45) is 0 Å². The Morgan fingerprint density at radius 2 is 1.16 bits per heavy atom. The van der Waals surface area contributed by atoms with Crippen LogP contribution in [0.2, 0.25) is 10.0 Å². The first-order chi connectivity index (χ1) is 12.0. The van der Waals surface area contributed by atoms with Gasteiger partial charge in [-0.05, 0) is 74.2 Å². The topological polar surface area (TPSA) is 9.23 Å². The lowest BCUT2D eigenvalue weighted by atomic mass is 10.0. The molecule has 0 radical (unpaired) electrons. The molecule has 0 amide bonds. The lowest BCUT2D eigenvalue weighted by molar-refractivity contribution is 0.474. The Labute approximate surface area is 160 Å². The molecule has 2 aromatic carbocycles. The molecule has 3 heteroatoms. The third-order valence-electron chi connectivity index (χ3n) is 4.09. The third kappa shape index (κ3) is 4.52. The van der Waals surface area contributed by atoms with E-state index in [2.05, 4.69) is 23.7 Å². The van der Waals surface area contributed by atoms with Crippen LogP contribution < -0.4 is 4.74 Å². The number of ether oxygens (including phenoxy) is 1. The number of benzene rings is 2. The lowest BCUT2D eigenvalue weighted by Gasteiger charge is -2.16. The van der Waals surface area contributed by atoms with Crippen molar-refractivity contribution in [2.75, 3.05) is 0 Å². The van der Waals surface area contributed by atoms with Gasteiger partial charge in [-0.1, -0.05) is 35.0 Å². The molecular formula is C22H20Cl2O. The minimum absolute atomic E-state index is 0.606. The molecule has 0 aliphatic rings. The van der Waals surface area contributed by atoms with Crippen molar-refractivity contribution in [1.29, 1.82) is 0 Å². The fourth-order valence-corrected chi connectivity index (χ4v) is 3.07. The Hall–Kier alpha value is -2.06. The number of rotatable bonds is 4. The Balaban J connectivity index is 2.42. The van der Waals surface area contributed by atoms with Crippen LogP contribution in [-0.2, 0) is 12.8 Å². The molecule has 0 unspecified atom stereocenters. The molecule has 2 aromatic rings. The molecule has 0 spiro atoms. The van der Waals surface area contributed by atoms with Crippen LogP contribution in [0.5, 0.6) is 11.5 Å². The average molecular weight is 371 g/mol. The van der Waals surface area contributed by atoms with E-state index in [1.807, 2.05) is 52.0 Å².